The van der Waals surface area contributed by atoms with Crippen molar-refractivity contribution >= 4 is 32.7 Å². The maximum atomic E-state index is 6.29. The average Bonchev–Trinajstić information content (AvgIpc) is 3.34. The number of para-hydroxylation sites is 1. The Morgan fingerprint density at radius 3 is 2.05 bits per heavy atom. The van der Waals surface area contributed by atoms with E-state index in [0.29, 0.717) is 0 Å². The monoisotopic (exact) mass is 505 g/mol. The molecule has 0 fully saturated rings. The van der Waals surface area contributed by atoms with Crippen LogP contribution < -0.4 is 5.73 Å². The van der Waals surface area contributed by atoms with E-state index in [2.05, 4.69) is 117 Å². The molecule has 2 nitrogen and oxygen atoms in total. The summed E-state index contributed by atoms with van der Waals surface area (Å²) in [7, 11) is 0. The average molecular weight is 506 g/mol. The van der Waals surface area contributed by atoms with Gasteiger partial charge < -0.3 is 10.2 Å². The molecule has 0 radical (unpaired) electrons. The first-order valence-electron chi connectivity index (χ1n) is 13.4. The molecule has 1 unspecified atom stereocenters. The lowest BCUT2D eigenvalue weighted by Gasteiger charge is -2.14. The van der Waals surface area contributed by atoms with Crippen LogP contribution in [-0.2, 0) is 0 Å². The second-order valence-electron chi connectivity index (χ2n) is 10.1. The summed E-state index contributed by atoms with van der Waals surface area (Å²) in [5, 5.41) is 4.81. The molecule has 6 aromatic carbocycles. The van der Waals surface area contributed by atoms with Gasteiger partial charge in [-0.3, -0.25) is 0 Å². The first-order chi connectivity index (χ1) is 19.1. The first-order valence-corrected chi connectivity index (χ1v) is 13.4. The quantitative estimate of drug-likeness (QED) is 0.259. The molecule has 190 valence electrons. The molecular formula is C37H31NO. The molecule has 7 rings (SSSR count). The topological polar surface area (TPSA) is 39.2 Å². The van der Waals surface area contributed by atoms with Gasteiger partial charge in [-0.25, -0.2) is 0 Å². The summed E-state index contributed by atoms with van der Waals surface area (Å²) < 4.78 is 6.29. The van der Waals surface area contributed by atoms with E-state index in [1.165, 1.54) is 43.8 Å². The molecule has 0 aliphatic carbocycles. The molecule has 1 atom stereocenters. The van der Waals surface area contributed by atoms with Gasteiger partial charge in [0.1, 0.15) is 11.2 Å². The molecule has 1 aromatic heterocycles. The zero-order valence-electron chi connectivity index (χ0n) is 22.3. The highest BCUT2D eigenvalue weighted by molar-refractivity contribution is 6.13. The molecule has 0 spiro atoms. The summed E-state index contributed by atoms with van der Waals surface area (Å²) >= 11 is 0. The minimum Gasteiger partial charge on any atom is -0.455 e. The van der Waals surface area contributed by atoms with Crippen LogP contribution in [-0.4, -0.2) is 0 Å². The van der Waals surface area contributed by atoms with Gasteiger partial charge in [0.25, 0.3) is 0 Å². The summed E-state index contributed by atoms with van der Waals surface area (Å²) in [6.07, 6.45) is 0. The van der Waals surface area contributed by atoms with Crippen molar-refractivity contribution in [1.82, 2.24) is 0 Å². The van der Waals surface area contributed by atoms with Crippen molar-refractivity contribution in [1.29, 1.82) is 0 Å². The fourth-order valence-corrected chi connectivity index (χ4v) is 5.30. The Morgan fingerprint density at radius 2 is 1.28 bits per heavy atom. The number of hydrogen-bond acceptors (Lipinski definition) is 2. The fraction of sp³-hybridized carbons (Fsp3) is 0.0811. The number of furan rings is 1. The Balaban J connectivity index is 0.000000159. The van der Waals surface area contributed by atoms with Gasteiger partial charge in [0.05, 0.1) is 6.04 Å². The van der Waals surface area contributed by atoms with E-state index in [4.69, 9.17) is 10.2 Å². The highest BCUT2D eigenvalue weighted by Gasteiger charge is 2.13. The zero-order chi connectivity index (χ0) is 26.8. The maximum absolute atomic E-state index is 6.29. The molecule has 2 heteroatoms. The predicted octanol–water partition coefficient (Wildman–Crippen LogP) is 9.76. The third-order valence-electron chi connectivity index (χ3n) is 7.38. The van der Waals surface area contributed by atoms with Crippen molar-refractivity contribution in [2.24, 2.45) is 5.73 Å². The van der Waals surface area contributed by atoms with Crippen molar-refractivity contribution in [2.75, 3.05) is 0 Å². The van der Waals surface area contributed by atoms with Gasteiger partial charge >= 0.3 is 0 Å². The number of rotatable bonds is 3. The standard InChI is InChI=1S/C23H16O.C14H15N/c1-15-6-4-9-18(12-15)19-10-5-11-20-21-13-16-7-2-3-8-17(16)14-22(21)24-23(19)20;1-11-7-5-6-10-13(11)14(15)12-8-3-2-4-9-12/h2-14H,1H3;2-10,14H,15H2,1H3. The van der Waals surface area contributed by atoms with Gasteiger partial charge in [0.15, 0.2) is 0 Å². The van der Waals surface area contributed by atoms with Crippen LogP contribution in [0.3, 0.4) is 0 Å². The second kappa shape index (κ2) is 10.6. The van der Waals surface area contributed by atoms with E-state index >= 15 is 0 Å². The van der Waals surface area contributed by atoms with Gasteiger partial charge in [-0.2, -0.15) is 0 Å². The molecular weight excluding hydrogens is 474 g/mol. The molecule has 0 amide bonds. The highest BCUT2D eigenvalue weighted by Crippen LogP contribution is 2.37. The predicted molar refractivity (Wildman–Crippen MR) is 165 cm³/mol. The first kappa shape index (κ1) is 24.7. The van der Waals surface area contributed by atoms with Gasteiger partial charge in [-0.05, 0) is 59.0 Å². The summed E-state index contributed by atoms with van der Waals surface area (Å²) in [5.74, 6) is 0. The van der Waals surface area contributed by atoms with Crippen LogP contribution in [0.1, 0.15) is 28.3 Å². The molecule has 0 aliphatic rings. The van der Waals surface area contributed by atoms with Gasteiger partial charge in [0, 0.05) is 16.3 Å². The van der Waals surface area contributed by atoms with Crippen LogP contribution in [0.5, 0.6) is 0 Å². The molecule has 0 aliphatic heterocycles. The van der Waals surface area contributed by atoms with E-state index in [9.17, 15) is 0 Å². The normalized spacial score (nSPS) is 11.9. The lowest BCUT2D eigenvalue weighted by atomic mass is 9.96. The molecule has 7 aromatic rings. The van der Waals surface area contributed by atoms with Crippen LogP contribution in [0.25, 0.3) is 43.8 Å². The van der Waals surface area contributed by atoms with E-state index in [1.54, 1.807) is 0 Å². The molecule has 0 saturated carbocycles. The Hall–Kier alpha value is -4.66. The van der Waals surface area contributed by atoms with E-state index in [-0.39, 0.29) is 6.04 Å². The third-order valence-corrected chi connectivity index (χ3v) is 7.38. The number of fused-ring (bicyclic) bond motifs is 4. The van der Waals surface area contributed by atoms with Crippen LogP contribution in [0.2, 0.25) is 0 Å². The third kappa shape index (κ3) is 4.95. The van der Waals surface area contributed by atoms with Crippen LogP contribution in [0, 0.1) is 13.8 Å². The zero-order valence-corrected chi connectivity index (χ0v) is 22.3. The fourth-order valence-electron chi connectivity index (χ4n) is 5.30. The van der Waals surface area contributed by atoms with E-state index < -0.39 is 0 Å². The Kier molecular flexibility index (Phi) is 6.71. The minimum atomic E-state index is -0.0209. The second-order valence-corrected chi connectivity index (χ2v) is 10.1. The van der Waals surface area contributed by atoms with Crippen molar-refractivity contribution in [3.05, 3.63) is 156 Å². The minimum absolute atomic E-state index is 0.0209. The molecule has 0 saturated heterocycles. The lowest BCUT2D eigenvalue weighted by molar-refractivity contribution is 0.670. The number of nitrogens with two attached hydrogens (primary N) is 1. The molecule has 1 heterocycles. The van der Waals surface area contributed by atoms with E-state index in [0.717, 1.165) is 22.3 Å². The van der Waals surface area contributed by atoms with E-state index in [1.807, 2.05) is 30.3 Å². The Morgan fingerprint density at radius 1 is 0.590 bits per heavy atom. The largest absolute Gasteiger partial charge is 0.455 e. The van der Waals surface area contributed by atoms with Gasteiger partial charge in [-0.1, -0.05) is 127 Å². The van der Waals surface area contributed by atoms with Crippen LogP contribution in [0.15, 0.2) is 138 Å². The molecule has 39 heavy (non-hydrogen) atoms. The summed E-state index contributed by atoms with van der Waals surface area (Å²) in [6.45, 7) is 4.22. The number of hydrogen-bond donors (Lipinski definition) is 1. The van der Waals surface area contributed by atoms with Gasteiger partial charge in [-0.15, -0.1) is 0 Å². The molecule has 2 N–H and O–H groups in total. The SMILES string of the molecule is Cc1cccc(-c2cccc3c2oc2cc4ccccc4cc23)c1.Cc1ccccc1C(N)c1ccccc1. The lowest BCUT2D eigenvalue weighted by Crippen LogP contribution is -2.12. The summed E-state index contributed by atoms with van der Waals surface area (Å²) in [5.41, 5.74) is 15.3. The Labute approximate surface area is 229 Å². The van der Waals surface area contributed by atoms with Crippen LogP contribution >= 0.6 is 0 Å². The summed E-state index contributed by atoms with van der Waals surface area (Å²) in [4.78, 5) is 0. The summed E-state index contributed by atoms with van der Waals surface area (Å²) in [6, 6.07) is 46.2. The molecule has 0 bridgehead atoms. The highest BCUT2D eigenvalue weighted by atomic mass is 16.3. The number of benzene rings is 6. The van der Waals surface area contributed by atoms with Gasteiger partial charge in [0.2, 0.25) is 0 Å². The van der Waals surface area contributed by atoms with Crippen molar-refractivity contribution in [2.45, 2.75) is 19.9 Å². The maximum Gasteiger partial charge on any atom is 0.143 e. The van der Waals surface area contributed by atoms with Crippen molar-refractivity contribution < 1.29 is 4.42 Å². The van der Waals surface area contributed by atoms with Crippen LogP contribution in [0.4, 0.5) is 0 Å². The number of aryl methyl sites for hydroxylation is 2. The Bertz CT molecular complexity index is 1900. The van der Waals surface area contributed by atoms with Crippen molar-refractivity contribution in [3.8, 4) is 11.1 Å². The van der Waals surface area contributed by atoms with Crippen molar-refractivity contribution in [3.63, 3.8) is 0 Å². The smallest absolute Gasteiger partial charge is 0.143 e.